The van der Waals surface area contributed by atoms with Crippen molar-refractivity contribution in [1.82, 2.24) is 15.0 Å². The standard InChI is InChI=1S/C12H22N4O/c1-3-7-16-8-6-14-12(16)10(15-13)11(17-2)9-4-5-9/h6,8-11,15H,3-5,7,13H2,1-2H3. The Labute approximate surface area is 102 Å². The van der Waals surface area contributed by atoms with Crippen molar-refractivity contribution in [2.45, 2.75) is 44.9 Å². The number of imidazole rings is 1. The van der Waals surface area contributed by atoms with Crippen LogP contribution in [0.1, 0.15) is 38.1 Å². The summed E-state index contributed by atoms with van der Waals surface area (Å²) in [4.78, 5) is 4.43. The van der Waals surface area contributed by atoms with Crippen molar-refractivity contribution in [2.24, 2.45) is 11.8 Å². The molecule has 1 fully saturated rings. The van der Waals surface area contributed by atoms with E-state index in [2.05, 4.69) is 21.9 Å². The highest BCUT2D eigenvalue weighted by atomic mass is 16.5. The maximum absolute atomic E-state index is 5.69. The molecular formula is C12H22N4O. The smallest absolute Gasteiger partial charge is 0.129 e. The van der Waals surface area contributed by atoms with Crippen LogP contribution in [0.15, 0.2) is 12.4 Å². The van der Waals surface area contributed by atoms with Gasteiger partial charge < -0.3 is 9.30 Å². The van der Waals surface area contributed by atoms with Gasteiger partial charge in [0.1, 0.15) is 11.9 Å². The molecule has 1 aromatic rings. The number of nitrogens with zero attached hydrogens (tertiary/aromatic N) is 2. The second-order valence-corrected chi connectivity index (χ2v) is 4.66. The minimum Gasteiger partial charge on any atom is -0.379 e. The Kier molecular flexibility index (Phi) is 4.15. The zero-order valence-electron chi connectivity index (χ0n) is 10.6. The minimum absolute atomic E-state index is 0.0194. The van der Waals surface area contributed by atoms with E-state index in [9.17, 15) is 0 Å². The topological polar surface area (TPSA) is 65.1 Å². The van der Waals surface area contributed by atoms with E-state index in [4.69, 9.17) is 10.6 Å². The van der Waals surface area contributed by atoms with Crippen molar-refractivity contribution >= 4 is 0 Å². The molecular weight excluding hydrogens is 216 g/mol. The predicted octanol–water partition coefficient (Wildman–Crippen LogP) is 1.22. The second kappa shape index (κ2) is 5.62. The highest BCUT2D eigenvalue weighted by Gasteiger charge is 2.38. The number of hydrazine groups is 1. The van der Waals surface area contributed by atoms with Gasteiger partial charge in [0.2, 0.25) is 0 Å². The fraction of sp³-hybridized carbons (Fsp3) is 0.750. The van der Waals surface area contributed by atoms with Gasteiger partial charge in [-0.05, 0) is 25.2 Å². The number of methoxy groups -OCH3 is 1. The molecule has 0 spiro atoms. The van der Waals surface area contributed by atoms with Crippen LogP contribution in [-0.4, -0.2) is 22.8 Å². The summed E-state index contributed by atoms with van der Waals surface area (Å²) in [7, 11) is 1.75. The largest absolute Gasteiger partial charge is 0.379 e. The van der Waals surface area contributed by atoms with Gasteiger partial charge >= 0.3 is 0 Å². The Balaban J connectivity index is 2.17. The third-order valence-corrected chi connectivity index (χ3v) is 3.36. The van der Waals surface area contributed by atoms with Crippen LogP contribution in [0.2, 0.25) is 0 Å². The zero-order valence-corrected chi connectivity index (χ0v) is 10.6. The maximum Gasteiger partial charge on any atom is 0.129 e. The van der Waals surface area contributed by atoms with Crippen LogP contribution in [0.3, 0.4) is 0 Å². The summed E-state index contributed by atoms with van der Waals surface area (Å²) in [6.07, 6.45) is 7.49. The lowest BCUT2D eigenvalue weighted by Gasteiger charge is -2.25. The molecule has 2 rings (SSSR count). The van der Waals surface area contributed by atoms with Gasteiger partial charge in [-0.15, -0.1) is 0 Å². The van der Waals surface area contributed by atoms with Crippen LogP contribution >= 0.6 is 0 Å². The number of aromatic nitrogens is 2. The summed E-state index contributed by atoms with van der Waals surface area (Å²) in [6.45, 7) is 3.12. The maximum atomic E-state index is 5.69. The molecule has 1 aliphatic carbocycles. The number of rotatable bonds is 7. The SMILES string of the molecule is CCCn1ccnc1C(NN)C(OC)C1CC1. The van der Waals surface area contributed by atoms with Crippen LogP contribution in [-0.2, 0) is 11.3 Å². The second-order valence-electron chi connectivity index (χ2n) is 4.66. The van der Waals surface area contributed by atoms with E-state index in [1.54, 1.807) is 7.11 Å². The van der Waals surface area contributed by atoms with E-state index < -0.39 is 0 Å². The summed E-state index contributed by atoms with van der Waals surface area (Å²) in [5.41, 5.74) is 2.87. The Morgan fingerprint density at radius 3 is 2.94 bits per heavy atom. The molecule has 2 unspecified atom stereocenters. The summed E-state index contributed by atoms with van der Waals surface area (Å²) in [5.74, 6) is 7.29. The van der Waals surface area contributed by atoms with Crippen molar-refractivity contribution < 1.29 is 4.74 Å². The molecule has 0 saturated heterocycles. The summed E-state index contributed by atoms with van der Waals surface area (Å²) < 4.78 is 7.74. The quantitative estimate of drug-likeness (QED) is 0.554. The highest BCUT2D eigenvalue weighted by Crippen LogP contribution is 2.39. The van der Waals surface area contributed by atoms with E-state index in [0.717, 1.165) is 18.8 Å². The lowest BCUT2D eigenvalue weighted by atomic mass is 10.1. The van der Waals surface area contributed by atoms with E-state index in [1.807, 2.05) is 12.4 Å². The van der Waals surface area contributed by atoms with E-state index in [-0.39, 0.29) is 12.1 Å². The van der Waals surface area contributed by atoms with Crippen LogP contribution in [0.4, 0.5) is 0 Å². The normalized spacial score (nSPS) is 19.2. The number of nitrogens with one attached hydrogen (secondary N) is 1. The summed E-state index contributed by atoms with van der Waals surface area (Å²) in [5, 5.41) is 0. The molecule has 0 bridgehead atoms. The number of aryl methyl sites for hydroxylation is 1. The van der Waals surface area contributed by atoms with E-state index in [0.29, 0.717) is 5.92 Å². The first-order valence-electron chi connectivity index (χ1n) is 6.31. The number of hydrogen-bond acceptors (Lipinski definition) is 4. The Morgan fingerprint density at radius 1 is 1.65 bits per heavy atom. The van der Waals surface area contributed by atoms with Crippen molar-refractivity contribution in [2.75, 3.05) is 7.11 Å². The van der Waals surface area contributed by atoms with Gasteiger partial charge in [-0.2, -0.15) is 0 Å². The number of hydrogen-bond donors (Lipinski definition) is 2. The van der Waals surface area contributed by atoms with Crippen molar-refractivity contribution in [3.05, 3.63) is 18.2 Å². The molecule has 5 heteroatoms. The lowest BCUT2D eigenvalue weighted by molar-refractivity contribution is 0.0469. The predicted molar refractivity (Wildman–Crippen MR) is 66.1 cm³/mol. The monoisotopic (exact) mass is 238 g/mol. The number of nitrogens with two attached hydrogens (primary N) is 1. The zero-order chi connectivity index (χ0) is 12.3. The average Bonchev–Trinajstić information content (AvgIpc) is 3.07. The molecule has 2 atom stereocenters. The van der Waals surface area contributed by atoms with Gasteiger partial charge in [-0.25, -0.2) is 10.4 Å². The highest BCUT2D eigenvalue weighted by molar-refractivity contribution is 5.05. The van der Waals surface area contributed by atoms with Crippen molar-refractivity contribution in [3.8, 4) is 0 Å². The molecule has 17 heavy (non-hydrogen) atoms. The minimum atomic E-state index is -0.0194. The first-order valence-corrected chi connectivity index (χ1v) is 6.31. The van der Waals surface area contributed by atoms with Crippen LogP contribution in [0.5, 0.6) is 0 Å². The average molecular weight is 238 g/mol. The third-order valence-electron chi connectivity index (χ3n) is 3.36. The van der Waals surface area contributed by atoms with Crippen molar-refractivity contribution in [1.29, 1.82) is 0 Å². The van der Waals surface area contributed by atoms with Crippen molar-refractivity contribution in [3.63, 3.8) is 0 Å². The Hall–Kier alpha value is -0.910. The van der Waals surface area contributed by atoms with Crippen LogP contribution in [0.25, 0.3) is 0 Å². The van der Waals surface area contributed by atoms with Gasteiger partial charge in [0, 0.05) is 26.0 Å². The van der Waals surface area contributed by atoms with Gasteiger partial charge in [-0.1, -0.05) is 6.92 Å². The van der Waals surface area contributed by atoms with Crippen LogP contribution in [0, 0.1) is 5.92 Å². The molecule has 96 valence electrons. The molecule has 5 nitrogen and oxygen atoms in total. The van der Waals surface area contributed by atoms with Crippen LogP contribution < -0.4 is 11.3 Å². The first-order chi connectivity index (χ1) is 8.31. The molecule has 0 radical (unpaired) electrons. The first kappa shape index (κ1) is 12.5. The summed E-state index contributed by atoms with van der Waals surface area (Å²) >= 11 is 0. The fourth-order valence-corrected chi connectivity index (χ4v) is 2.37. The molecule has 3 N–H and O–H groups in total. The van der Waals surface area contributed by atoms with E-state index in [1.165, 1.54) is 12.8 Å². The molecule has 1 aromatic heterocycles. The Bertz CT molecular complexity index is 348. The fourth-order valence-electron chi connectivity index (χ4n) is 2.37. The van der Waals surface area contributed by atoms with E-state index >= 15 is 0 Å². The van der Waals surface area contributed by atoms with Gasteiger partial charge in [0.15, 0.2) is 0 Å². The molecule has 1 heterocycles. The molecule has 0 aromatic carbocycles. The van der Waals surface area contributed by atoms with Gasteiger partial charge in [0.05, 0.1) is 6.10 Å². The van der Waals surface area contributed by atoms with Gasteiger partial charge in [0.25, 0.3) is 0 Å². The summed E-state index contributed by atoms with van der Waals surface area (Å²) in [6, 6.07) is -0.0194. The molecule has 1 aliphatic rings. The number of ether oxygens (including phenoxy) is 1. The third kappa shape index (κ3) is 2.68. The molecule has 0 aliphatic heterocycles. The van der Waals surface area contributed by atoms with Gasteiger partial charge in [-0.3, -0.25) is 5.84 Å². The Morgan fingerprint density at radius 2 is 2.41 bits per heavy atom. The molecule has 1 saturated carbocycles. The molecule has 0 amide bonds. The lowest BCUT2D eigenvalue weighted by Crippen LogP contribution is -2.40.